The summed E-state index contributed by atoms with van der Waals surface area (Å²) >= 11 is 5.84. The van der Waals surface area contributed by atoms with Gasteiger partial charge in [0.05, 0.1) is 5.56 Å². The Morgan fingerprint density at radius 3 is 2.60 bits per heavy atom. The van der Waals surface area contributed by atoms with Crippen LogP contribution in [0.25, 0.3) is 0 Å². The summed E-state index contributed by atoms with van der Waals surface area (Å²) in [6, 6.07) is 3.84. The molecule has 0 bridgehead atoms. The number of anilines is 1. The van der Waals surface area contributed by atoms with Gasteiger partial charge in [0.2, 0.25) is 0 Å². The van der Waals surface area contributed by atoms with E-state index in [2.05, 4.69) is 11.9 Å². The van der Waals surface area contributed by atoms with E-state index in [9.17, 15) is 9.59 Å². The van der Waals surface area contributed by atoms with E-state index in [1.54, 1.807) is 11.0 Å². The minimum absolute atomic E-state index is 0.00821. The largest absolute Gasteiger partial charge is 0.478 e. The number of carbonyl (C=O) groups is 2. The van der Waals surface area contributed by atoms with E-state index in [1.807, 2.05) is 13.8 Å². The third-order valence-electron chi connectivity index (χ3n) is 2.61. The van der Waals surface area contributed by atoms with Crippen molar-refractivity contribution in [1.29, 1.82) is 0 Å². The highest BCUT2D eigenvalue weighted by Gasteiger charge is 2.16. The number of benzene rings is 1. The van der Waals surface area contributed by atoms with Gasteiger partial charge in [0.25, 0.3) is 0 Å². The molecule has 0 aliphatic carbocycles. The Kier molecular flexibility index (Phi) is 5.58. The molecule has 1 aromatic carbocycles. The zero-order valence-electron chi connectivity index (χ0n) is 11.4. The van der Waals surface area contributed by atoms with Crippen LogP contribution in [0.1, 0.15) is 24.2 Å². The molecule has 0 radical (unpaired) electrons. The molecule has 2 N–H and O–H groups in total. The minimum Gasteiger partial charge on any atom is -0.478 e. The van der Waals surface area contributed by atoms with Gasteiger partial charge in [0, 0.05) is 23.3 Å². The average molecular weight is 297 g/mol. The number of halogens is 1. The van der Waals surface area contributed by atoms with Crippen molar-refractivity contribution < 1.29 is 14.7 Å². The predicted molar refractivity (Wildman–Crippen MR) is 79.5 cm³/mol. The number of aromatic carboxylic acids is 1. The topological polar surface area (TPSA) is 69.6 Å². The van der Waals surface area contributed by atoms with Crippen LogP contribution in [-0.4, -0.2) is 34.6 Å². The van der Waals surface area contributed by atoms with E-state index in [4.69, 9.17) is 16.7 Å². The molecule has 108 valence electrons. The van der Waals surface area contributed by atoms with Gasteiger partial charge in [-0.15, -0.1) is 6.58 Å². The number of hydrogen-bond acceptors (Lipinski definition) is 2. The molecule has 0 atom stereocenters. The summed E-state index contributed by atoms with van der Waals surface area (Å²) < 4.78 is 0. The summed E-state index contributed by atoms with van der Waals surface area (Å²) in [4.78, 5) is 24.6. The van der Waals surface area contributed by atoms with E-state index in [0.29, 0.717) is 12.2 Å². The third kappa shape index (κ3) is 4.28. The smallest absolute Gasteiger partial charge is 0.335 e. The van der Waals surface area contributed by atoms with Gasteiger partial charge in [-0.25, -0.2) is 9.59 Å². The zero-order valence-corrected chi connectivity index (χ0v) is 12.1. The molecule has 0 saturated carbocycles. The maximum atomic E-state index is 12.1. The van der Waals surface area contributed by atoms with Gasteiger partial charge in [0.1, 0.15) is 0 Å². The van der Waals surface area contributed by atoms with Crippen LogP contribution in [0.2, 0.25) is 5.02 Å². The SMILES string of the molecule is C=CCN(C(=O)Nc1cc(Cl)cc(C(=O)O)c1)C(C)C. The molecule has 0 saturated heterocycles. The second-order valence-electron chi connectivity index (χ2n) is 4.50. The number of carboxylic acid groups (broad SMARTS) is 1. The number of hydrogen-bond donors (Lipinski definition) is 2. The van der Waals surface area contributed by atoms with Crippen molar-refractivity contribution >= 4 is 29.3 Å². The highest BCUT2D eigenvalue weighted by molar-refractivity contribution is 6.31. The van der Waals surface area contributed by atoms with Crippen LogP contribution in [0.15, 0.2) is 30.9 Å². The minimum atomic E-state index is -1.10. The molecule has 1 rings (SSSR count). The lowest BCUT2D eigenvalue weighted by Gasteiger charge is -2.25. The number of amides is 2. The fourth-order valence-corrected chi connectivity index (χ4v) is 1.88. The maximum absolute atomic E-state index is 12.1. The number of nitrogens with zero attached hydrogens (tertiary/aromatic N) is 1. The normalized spacial score (nSPS) is 10.2. The van der Waals surface area contributed by atoms with E-state index in [1.165, 1.54) is 18.2 Å². The first kappa shape index (κ1) is 16.0. The second-order valence-corrected chi connectivity index (χ2v) is 4.94. The van der Waals surface area contributed by atoms with Crippen LogP contribution in [0, 0.1) is 0 Å². The molecule has 0 aliphatic heterocycles. The molecule has 0 aromatic heterocycles. The number of urea groups is 1. The van der Waals surface area contributed by atoms with Gasteiger partial charge < -0.3 is 15.3 Å². The van der Waals surface area contributed by atoms with Crippen LogP contribution < -0.4 is 5.32 Å². The Morgan fingerprint density at radius 1 is 1.45 bits per heavy atom. The summed E-state index contributed by atoms with van der Waals surface area (Å²) in [5.41, 5.74) is 0.363. The monoisotopic (exact) mass is 296 g/mol. The van der Waals surface area contributed by atoms with Gasteiger partial charge >= 0.3 is 12.0 Å². The lowest BCUT2D eigenvalue weighted by molar-refractivity contribution is 0.0697. The van der Waals surface area contributed by atoms with Crippen molar-refractivity contribution in [1.82, 2.24) is 4.90 Å². The summed E-state index contributed by atoms with van der Waals surface area (Å²) in [5, 5.41) is 11.8. The van der Waals surface area contributed by atoms with E-state index in [-0.39, 0.29) is 22.7 Å². The molecular weight excluding hydrogens is 280 g/mol. The van der Waals surface area contributed by atoms with Crippen molar-refractivity contribution in [2.75, 3.05) is 11.9 Å². The number of carboxylic acids is 1. The molecule has 0 unspecified atom stereocenters. The van der Waals surface area contributed by atoms with Gasteiger partial charge in [-0.3, -0.25) is 0 Å². The third-order valence-corrected chi connectivity index (χ3v) is 2.82. The summed E-state index contributed by atoms with van der Waals surface area (Å²) in [6.07, 6.45) is 1.63. The van der Waals surface area contributed by atoms with E-state index < -0.39 is 5.97 Å². The zero-order chi connectivity index (χ0) is 15.3. The fraction of sp³-hybridized carbons (Fsp3) is 0.286. The van der Waals surface area contributed by atoms with Crippen LogP contribution >= 0.6 is 11.6 Å². The summed E-state index contributed by atoms with van der Waals surface area (Å²) in [5.74, 6) is -1.10. The quantitative estimate of drug-likeness (QED) is 0.817. The van der Waals surface area contributed by atoms with Crippen molar-refractivity contribution in [3.05, 3.63) is 41.4 Å². The summed E-state index contributed by atoms with van der Waals surface area (Å²) in [7, 11) is 0. The first-order valence-electron chi connectivity index (χ1n) is 6.07. The summed E-state index contributed by atoms with van der Waals surface area (Å²) in [6.45, 7) is 7.76. The Labute approximate surface area is 122 Å². The average Bonchev–Trinajstić information content (AvgIpc) is 2.34. The number of carbonyl (C=O) groups excluding carboxylic acids is 1. The highest BCUT2D eigenvalue weighted by Crippen LogP contribution is 2.20. The molecule has 5 nitrogen and oxygen atoms in total. The van der Waals surface area contributed by atoms with Gasteiger partial charge in [0.15, 0.2) is 0 Å². The molecule has 0 spiro atoms. The first-order chi connectivity index (χ1) is 9.35. The van der Waals surface area contributed by atoms with Crippen molar-refractivity contribution in [3.8, 4) is 0 Å². The maximum Gasteiger partial charge on any atom is 0.335 e. The van der Waals surface area contributed by atoms with Crippen molar-refractivity contribution in [3.63, 3.8) is 0 Å². The van der Waals surface area contributed by atoms with Gasteiger partial charge in [-0.1, -0.05) is 17.7 Å². The molecular formula is C14H17ClN2O3. The first-order valence-corrected chi connectivity index (χ1v) is 6.45. The molecule has 6 heteroatoms. The van der Waals surface area contributed by atoms with Gasteiger partial charge in [-0.2, -0.15) is 0 Å². The number of rotatable bonds is 5. The molecule has 0 aliphatic rings. The molecule has 0 fully saturated rings. The van der Waals surface area contributed by atoms with Crippen molar-refractivity contribution in [2.24, 2.45) is 0 Å². The van der Waals surface area contributed by atoms with Crippen molar-refractivity contribution in [2.45, 2.75) is 19.9 Å². The van der Waals surface area contributed by atoms with Crippen LogP contribution in [0.4, 0.5) is 10.5 Å². The second kappa shape index (κ2) is 6.96. The van der Waals surface area contributed by atoms with Crippen LogP contribution in [0.5, 0.6) is 0 Å². The Balaban J connectivity index is 2.94. The lowest BCUT2D eigenvalue weighted by Crippen LogP contribution is -2.40. The molecule has 20 heavy (non-hydrogen) atoms. The van der Waals surface area contributed by atoms with Crippen LogP contribution in [-0.2, 0) is 0 Å². The Morgan fingerprint density at radius 2 is 2.10 bits per heavy atom. The Bertz CT molecular complexity index is 529. The fourth-order valence-electron chi connectivity index (χ4n) is 1.65. The number of nitrogens with one attached hydrogen (secondary N) is 1. The molecule has 0 heterocycles. The lowest BCUT2D eigenvalue weighted by atomic mass is 10.2. The Hall–Kier alpha value is -2.01. The predicted octanol–water partition coefficient (Wildman–Crippen LogP) is 3.47. The molecule has 1 aromatic rings. The standard InChI is InChI=1S/C14H17ClN2O3/c1-4-5-17(9(2)3)14(20)16-12-7-10(13(18)19)6-11(15)8-12/h4,6-9H,1,5H2,2-3H3,(H,16,20)(H,18,19). The van der Waals surface area contributed by atoms with Gasteiger partial charge in [-0.05, 0) is 32.0 Å². The van der Waals surface area contributed by atoms with E-state index in [0.717, 1.165) is 0 Å². The van der Waals surface area contributed by atoms with E-state index >= 15 is 0 Å². The van der Waals surface area contributed by atoms with Crippen LogP contribution in [0.3, 0.4) is 0 Å². The highest BCUT2D eigenvalue weighted by atomic mass is 35.5. The molecule has 2 amide bonds.